The van der Waals surface area contributed by atoms with Crippen LogP contribution in [0.25, 0.3) is 0 Å². The lowest BCUT2D eigenvalue weighted by molar-refractivity contribution is -0.385. The summed E-state index contributed by atoms with van der Waals surface area (Å²) < 4.78 is 0. The lowest BCUT2D eigenvalue weighted by atomic mass is 10.0. The van der Waals surface area contributed by atoms with Crippen molar-refractivity contribution >= 4 is 17.3 Å². The fraction of sp³-hybridized carbons (Fsp3) is 0.412. The molecular formula is C17H21N5O2. The number of nitrogens with one attached hydrogen (secondary N) is 1. The van der Waals surface area contributed by atoms with Gasteiger partial charge in [-0.15, -0.1) is 0 Å². The minimum atomic E-state index is -0.364. The van der Waals surface area contributed by atoms with Crippen molar-refractivity contribution in [1.29, 1.82) is 0 Å². The lowest BCUT2D eigenvalue weighted by Crippen LogP contribution is -2.34. The number of anilines is 2. The third-order valence-corrected chi connectivity index (χ3v) is 4.28. The fourth-order valence-corrected chi connectivity index (χ4v) is 3.04. The summed E-state index contributed by atoms with van der Waals surface area (Å²) in [5.41, 5.74) is 0.749. The molecule has 2 heterocycles. The molecule has 1 aromatic carbocycles. The normalized spacial score (nSPS) is 17.5. The summed E-state index contributed by atoms with van der Waals surface area (Å²) in [6, 6.07) is 8.64. The number of hydrogen-bond acceptors (Lipinski definition) is 6. The quantitative estimate of drug-likeness (QED) is 0.670. The van der Waals surface area contributed by atoms with Crippen molar-refractivity contribution in [2.45, 2.75) is 26.3 Å². The van der Waals surface area contributed by atoms with Crippen LogP contribution in [0.15, 0.2) is 36.7 Å². The van der Waals surface area contributed by atoms with E-state index in [1.807, 2.05) is 6.07 Å². The zero-order chi connectivity index (χ0) is 16.9. The Kier molecular flexibility index (Phi) is 4.88. The van der Waals surface area contributed by atoms with E-state index in [1.165, 1.54) is 25.2 Å². The third-order valence-electron chi connectivity index (χ3n) is 4.28. The van der Waals surface area contributed by atoms with E-state index in [0.717, 1.165) is 18.9 Å². The molecule has 0 radical (unpaired) electrons. The summed E-state index contributed by atoms with van der Waals surface area (Å²) in [6.45, 7) is 4.61. The Morgan fingerprint density at radius 2 is 2.21 bits per heavy atom. The molecule has 7 nitrogen and oxygen atoms in total. The first-order valence-electron chi connectivity index (χ1n) is 8.16. The first kappa shape index (κ1) is 16.2. The molecule has 0 saturated carbocycles. The Morgan fingerprint density at radius 3 is 3.00 bits per heavy atom. The zero-order valence-electron chi connectivity index (χ0n) is 13.7. The van der Waals surface area contributed by atoms with Crippen LogP contribution in [0.2, 0.25) is 0 Å². The SMILES string of the molecule is CC1CCCN(c2cc(NCc3ccccc3[N+](=O)[O-])ncn2)C1. The van der Waals surface area contributed by atoms with Gasteiger partial charge in [-0.1, -0.05) is 25.1 Å². The van der Waals surface area contributed by atoms with Gasteiger partial charge in [0.25, 0.3) is 5.69 Å². The van der Waals surface area contributed by atoms with Crippen LogP contribution >= 0.6 is 0 Å². The molecule has 24 heavy (non-hydrogen) atoms. The van der Waals surface area contributed by atoms with Crippen molar-refractivity contribution < 1.29 is 4.92 Å². The predicted octanol–water partition coefficient (Wildman–Crippen LogP) is 3.23. The molecule has 126 valence electrons. The van der Waals surface area contributed by atoms with E-state index in [-0.39, 0.29) is 10.6 Å². The van der Waals surface area contributed by atoms with Crippen LogP contribution in [0, 0.1) is 16.0 Å². The minimum absolute atomic E-state index is 0.115. The molecule has 1 aliphatic rings. The molecule has 1 unspecified atom stereocenters. The number of benzene rings is 1. The molecule has 1 N–H and O–H groups in total. The largest absolute Gasteiger partial charge is 0.366 e. The monoisotopic (exact) mass is 327 g/mol. The van der Waals surface area contributed by atoms with Crippen LogP contribution in [0.5, 0.6) is 0 Å². The van der Waals surface area contributed by atoms with E-state index in [2.05, 4.69) is 27.1 Å². The van der Waals surface area contributed by atoms with Gasteiger partial charge in [0.05, 0.1) is 4.92 Å². The summed E-state index contributed by atoms with van der Waals surface area (Å²) in [5.74, 6) is 2.25. The number of piperidine rings is 1. The van der Waals surface area contributed by atoms with Crippen molar-refractivity contribution in [3.05, 3.63) is 52.3 Å². The van der Waals surface area contributed by atoms with Gasteiger partial charge in [-0.2, -0.15) is 0 Å². The number of aromatic nitrogens is 2. The number of nitro groups is 1. The molecule has 0 amide bonds. The van der Waals surface area contributed by atoms with E-state index in [4.69, 9.17) is 0 Å². The van der Waals surface area contributed by atoms with Gasteiger partial charge < -0.3 is 10.2 Å². The summed E-state index contributed by atoms with van der Waals surface area (Å²) in [7, 11) is 0. The second-order valence-electron chi connectivity index (χ2n) is 6.19. The fourth-order valence-electron chi connectivity index (χ4n) is 3.04. The van der Waals surface area contributed by atoms with E-state index in [9.17, 15) is 10.1 Å². The topological polar surface area (TPSA) is 84.2 Å². The number of nitro benzene ring substituents is 1. The maximum absolute atomic E-state index is 11.1. The maximum Gasteiger partial charge on any atom is 0.274 e. The molecule has 1 aliphatic heterocycles. The van der Waals surface area contributed by atoms with Crippen molar-refractivity contribution in [3.63, 3.8) is 0 Å². The highest BCUT2D eigenvalue weighted by molar-refractivity contribution is 5.50. The van der Waals surface area contributed by atoms with Crippen LogP contribution in [0.3, 0.4) is 0 Å². The van der Waals surface area contributed by atoms with Gasteiger partial charge in [-0.25, -0.2) is 9.97 Å². The minimum Gasteiger partial charge on any atom is -0.366 e. The van der Waals surface area contributed by atoms with Crippen LogP contribution in [-0.4, -0.2) is 28.0 Å². The van der Waals surface area contributed by atoms with Gasteiger partial charge >= 0.3 is 0 Å². The van der Waals surface area contributed by atoms with Gasteiger partial charge in [-0.05, 0) is 18.8 Å². The van der Waals surface area contributed by atoms with E-state index >= 15 is 0 Å². The molecule has 2 aromatic rings. The molecule has 0 aliphatic carbocycles. The first-order valence-corrected chi connectivity index (χ1v) is 8.16. The Labute approximate surface area is 140 Å². The second-order valence-corrected chi connectivity index (χ2v) is 6.19. The number of para-hydroxylation sites is 1. The Balaban J connectivity index is 1.70. The summed E-state index contributed by atoms with van der Waals surface area (Å²) in [6.07, 6.45) is 3.96. The van der Waals surface area contributed by atoms with Gasteiger partial charge in [0.2, 0.25) is 0 Å². The number of nitrogens with zero attached hydrogens (tertiary/aromatic N) is 4. The molecule has 0 bridgehead atoms. The molecule has 1 aromatic heterocycles. The average Bonchev–Trinajstić information content (AvgIpc) is 2.60. The third kappa shape index (κ3) is 3.79. The van der Waals surface area contributed by atoms with Crippen LogP contribution in [0.4, 0.5) is 17.3 Å². The highest BCUT2D eigenvalue weighted by Gasteiger charge is 2.18. The summed E-state index contributed by atoms with van der Waals surface area (Å²) >= 11 is 0. The van der Waals surface area contributed by atoms with E-state index in [1.54, 1.807) is 18.2 Å². The first-order chi connectivity index (χ1) is 11.6. The lowest BCUT2D eigenvalue weighted by Gasteiger charge is -2.31. The van der Waals surface area contributed by atoms with E-state index in [0.29, 0.717) is 23.8 Å². The van der Waals surface area contributed by atoms with Crippen molar-refractivity contribution in [3.8, 4) is 0 Å². The highest BCUT2D eigenvalue weighted by Crippen LogP contribution is 2.23. The molecule has 1 saturated heterocycles. The molecule has 1 fully saturated rings. The zero-order valence-corrected chi connectivity index (χ0v) is 13.7. The Morgan fingerprint density at radius 1 is 1.38 bits per heavy atom. The molecule has 3 rings (SSSR count). The molecular weight excluding hydrogens is 306 g/mol. The average molecular weight is 327 g/mol. The summed E-state index contributed by atoms with van der Waals surface area (Å²) in [4.78, 5) is 21.6. The molecule has 7 heteroatoms. The number of hydrogen-bond donors (Lipinski definition) is 1. The molecule has 0 spiro atoms. The second kappa shape index (κ2) is 7.25. The Hall–Kier alpha value is -2.70. The van der Waals surface area contributed by atoms with E-state index < -0.39 is 0 Å². The maximum atomic E-state index is 11.1. The van der Waals surface area contributed by atoms with Crippen LogP contribution in [0.1, 0.15) is 25.3 Å². The summed E-state index contributed by atoms with van der Waals surface area (Å²) in [5, 5.41) is 14.2. The van der Waals surface area contributed by atoms with Crippen molar-refractivity contribution in [1.82, 2.24) is 9.97 Å². The molecule has 1 atom stereocenters. The van der Waals surface area contributed by atoms with Crippen molar-refractivity contribution in [2.75, 3.05) is 23.3 Å². The van der Waals surface area contributed by atoms with Gasteiger partial charge in [-0.3, -0.25) is 10.1 Å². The van der Waals surface area contributed by atoms with Gasteiger partial charge in [0.15, 0.2) is 0 Å². The van der Waals surface area contributed by atoms with Crippen LogP contribution < -0.4 is 10.2 Å². The van der Waals surface area contributed by atoms with Gasteiger partial charge in [0.1, 0.15) is 18.0 Å². The standard InChI is InChI=1S/C17H21N5O2/c1-13-5-4-8-21(11-13)17-9-16(19-12-20-17)18-10-14-6-2-3-7-15(14)22(23)24/h2-3,6-7,9,12-13H,4-5,8,10-11H2,1H3,(H,18,19,20). The van der Waals surface area contributed by atoms with Crippen molar-refractivity contribution in [2.24, 2.45) is 5.92 Å². The van der Waals surface area contributed by atoms with Gasteiger partial charge in [0, 0.05) is 37.3 Å². The van der Waals surface area contributed by atoms with Crippen LogP contribution in [-0.2, 0) is 6.54 Å². The Bertz CT molecular complexity index is 722. The smallest absolute Gasteiger partial charge is 0.274 e. The predicted molar refractivity (Wildman–Crippen MR) is 93.1 cm³/mol. The highest BCUT2D eigenvalue weighted by atomic mass is 16.6. The number of rotatable bonds is 5.